The molecule has 1 atom stereocenters. The highest BCUT2D eigenvalue weighted by Gasteiger charge is 2.13. The fourth-order valence-corrected chi connectivity index (χ4v) is 1.69. The second-order valence-electron chi connectivity index (χ2n) is 4.81. The molecule has 0 aliphatic heterocycles. The van der Waals surface area contributed by atoms with Crippen molar-refractivity contribution in [3.05, 3.63) is 28.8 Å². The number of amides is 1. The largest absolute Gasteiger partial charge is 0.374 e. The van der Waals surface area contributed by atoms with E-state index in [-0.39, 0.29) is 11.9 Å². The number of hydrogen-bond acceptors (Lipinski definition) is 3. The molecule has 2 N–H and O–H groups in total. The van der Waals surface area contributed by atoms with Crippen LogP contribution >= 0.6 is 11.6 Å². The zero-order valence-electron chi connectivity index (χ0n) is 11.3. The van der Waals surface area contributed by atoms with Gasteiger partial charge in [-0.05, 0) is 31.0 Å². The standard InChI is InChI=1S/C14H18ClN3O/c1-9(2)8-17-14(19)10(3)18-12-5-4-11(7-16)13(15)6-12/h4-6,9-10,18H,8H2,1-3H3,(H,17,19). The van der Waals surface area contributed by atoms with Crippen LogP contribution < -0.4 is 10.6 Å². The van der Waals surface area contributed by atoms with E-state index in [1.807, 2.05) is 19.9 Å². The van der Waals surface area contributed by atoms with Crippen molar-refractivity contribution in [3.63, 3.8) is 0 Å². The Balaban J connectivity index is 2.62. The molecule has 0 heterocycles. The molecule has 0 fully saturated rings. The van der Waals surface area contributed by atoms with E-state index in [1.54, 1.807) is 25.1 Å². The van der Waals surface area contributed by atoms with Crippen LogP contribution in [0.4, 0.5) is 5.69 Å². The van der Waals surface area contributed by atoms with Crippen molar-refractivity contribution < 1.29 is 4.79 Å². The molecular weight excluding hydrogens is 262 g/mol. The molecule has 0 bridgehead atoms. The van der Waals surface area contributed by atoms with Crippen molar-refractivity contribution in [2.45, 2.75) is 26.8 Å². The molecule has 19 heavy (non-hydrogen) atoms. The summed E-state index contributed by atoms with van der Waals surface area (Å²) < 4.78 is 0. The lowest BCUT2D eigenvalue weighted by Crippen LogP contribution is -2.39. The van der Waals surface area contributed by atoms with Gasteiger partial charge >= 0.3 is 0 Å². The number of nitrogens with zero attached hydrogens (tertiary/aromatic N) is 1. The van der Waals surface area contributed by atoms with Gasteiger partial charge in [0.15, 0.2) is 0 Å². The third-order valence-electron chi connectivity index (χ3n) is 2.55. The first-order valence-electron chi connectivity index (χ1n) is 6.18. The van der Waals surface area contributed by atoms with E-state index in [2.05, 4.69) is 10.6 Å². The number of halogens is 1. The van der Waals surface area contributed by atoms with Gasteiger partial charge in [0.25, 0.3) is 0 Å². The summed E-state index contributed by atoms with van der Waals surface area (Å²) in [5.41, 5.74) is 1.14. The Labute approximate surface area is 118 Å². The van der Waals surface area contributed by atoms with Crippen LogP contribution in [0, 0.1) is 17.2 Å². The topological polar surface area (TPSA) is 64.9 Å². The van der Waals surface area contributed by atoms with Gasteiger partial charge in [-0.2, -0.15) is 5.26 Å². The zero-order chi connectivity index (χ0) is 14.4. The summed E-state index contributed by atoms with van der Waals surface area (Å²) in [6, 6.07) is 6.64. The summed E-state index contributed by atoms with van der Waals surface area (Å²) in [6.07, 6.45) is 0. The third-order valence-corrected chi connectivity index (χ3v) is 2.86. The summed E-state index contributed by atoms with van der Waals surface area (Å²) in [5.74, 6) is 0.356. The number of nitriles is 1. The Hall–Kier alpha value is -1.73. The molecule has 0 aromatic heterocycles. The highest BCUT2D eigenvalue weighted by atomic mass is 35.5. The summed E-state index contributed by atoms with van der Waals surface area (Å²) in [4.78, 5) is 11.8. The predicted molar refractivity (Wildman–Crippen MR) is 77.1 cm³/mol. The molecular formula is C14H18ClN3O. The second kappa shape index (κ2) is 7.01. The van der Waals surface area contributed by atoms with Gasteiger partial charge in [0.2, 0.25) is 5.91 Å². The van der Waals surface area contributed by atoms with E-state index in [0.717, 1.165) is 5.69 Å². The van der Waals surface area contributed by atoms with Gasteiger partial charge in [-0.1, -0.05) is 25.4 Å². The minimum atomic E-state index is -0.359. The lowest BCUT2D eigenvalue weighted by atomic mass is 10.2. The monoisotopic (exact) mass is 279 g/mol. The molecule has 0 saturated heterocycles. The molecule has 0 aliphatic rings. The van der Waals surface area contributed by atoms with E-state index in [4.69, 9.17) is 16.9 Å². The minimum absolute atomic E-state index is 0.0609. The van der Waals surface area contributed by atoms with Crippen LogP contribution in [0.25, 0.3) is 0 Å². The first-order valence-corrected chi connectivity index (χ1v) is 6.55. The maximum absolute atomic E-state index is 11.8. The average Bonchev–Trinajstić information content (AvgIpc) is 2.36. The van der Waals surface area contributed by atoms with Gasteiger partial charge < -0.3 is 10.6 Å². The number of rotatable bonds is 5. The van der Waals surface area contributed by atoms with Crippen molar-refractivity contribution in [3.8, 4) is 6.07 Å². The highest BCUT2D eigenvalue weighted by molar-refractivity contribution is 6.32. The molecule has 0 saturated carbocycles. The summed E-state index contributed by atoms with van der Waals surface area (Å²) >= 11 is 5.93. The Morgan fingerprint density at radius 1 is 1.42 bits per heavy atom. The van der Waals surface area contributed by atoms with Crippen LogP contribution in [0.5, 0.6) is 0 Å². The van der Waals surface area contributed by atoms with E-state index in [1.165, 1.54) is 0 Å². The van der Waals surface area contributed by atoms with Crippen molar-refractivity contribution in [2.24, 2.45) is 5.92 Å². The second-order valence-corrected chi connectivity index (χ2v) is 5.22. The van der Waals surface area contributed by atoms with Gasteiger partial charge in [0.1, 0.15) is 12.1 Å². The normalized spacial score (nSPS) is 11.8. The molecule has 0 aliphatic carbocycles. The van der Waals surface area contributed by atoms with Gasteiger partial charge in [-0.3, -0.25) is 4.79 Å². The quantitative estimate of drug-likeness (QED) is 0.871. The maximum Gasteiger partial charge on any atom is 0.242 e. The first-order chi connectivity index (χ1) is 8.93. The maximum atomic E-state index is 11.8. The van der Waals surface area contributed by atoms with Crippen LogP contribution in [-0.2, 0) is 4.79 Å². The van der Waals surface area contributed by atoms with Gasteiger partial charge in [-0.15, -0.1) is 0 Å². The molecule has 5 heteroatoms. The fourth-order valence-electron chi connectivity index (χ4n) is 1.47. The summed E-state index contributed by atoms with van der Waals surface area (Å²) in [6.45, 7) is 6.51. The summed E-state index contributed by atoms with van der Waals surface area (Å²) in [5, 5.41) is 15.1. The third kappa shape index (κ3) is 4.80. The number of nitrogens with one attached hydrogen (secondary N) is 2. The molecule has 4 nitrogen and oxygen atoms in total. The van der Waals surface area contributed by atoms with Gasteiger partial charge in [0, 0.05) is 12.2 Å². The Morgan fingerprint density at radius 3 is 2.63 bits per heavy atom. The molecule has 1 amide bonds. The first kappa shape index (κ1) is 15.3. The molecule has 1 unspecified atom stereocenters. The molecule has 1 aromatic carbocycles. The van der Waals surface area contributed by atoms with E-state index in [0.29, 0.717) is 23.0 Å². The molecule has 1 rings (SSSR count). The van der Waals surface area contributed by atoms with Crippen LogP contribution in [0.15, 0.2) is 18.2 Å². The van der Waals surface area contributed by atoms with Gasteiger partial charge in [0.05, 0.1) is 10.6 Å². The lowest BCUT2D eigenvalue weighted by Gasteiger charge is -2.16. The number of carbonyl (C=O) groups excluding carboxylic acids is 1. The fraction of sp³-hybridized carbons (Fsp3) is 0.429. The SMILES string of the molecule is CC(C)CNC(=O)C(C)Nc1ccc(C#N)c(Cl)c1. The number of benzene rings is 1. The number of anilines is 1. The van der Waals surface area contributed by atoms with Crippen molar-refractivity contribution in [1.82, 2.24) is 5.32 Å². The molecule has 0 radical (unpaired) electrons. The highest BCUT2D eigenvalue weighted by Crippen LogP contribution is 2.20. The van der Waals surface area contributed by atoms with Crippen molar-refractivity contribution in [2.75, 3.05) is 11.9 Å². The van der Waals surface area contributed by atoms with Gasteiger partial charge in [-0.25, -0.2) is 0 Å². The van der Waals surface area contributed by atoms with Crippen LogP contribution in [0.3, 0.4) is 0 Å². The number of hydrogen-bond donors (Lipinski definition) is 2. The summed E-state index contributed by atoms with van der Waals surface area (Å²) in [7, 11) is 0. The molecule has 0 spiro atoms. The lowest BCUT2D eigenvalue weighted by molar-refractivity contribution is -0.121. The van der Waals surface area contributed by atoms with Crippen LogP contribution in [-0.4, -0.2) is 18.5 Å². The minimum Gasteiger partial charge on any atom is -0.374 e. The average molecular weight is 280 g/mol. The number of carbonyl (C=O) groups is 1. The van der Waals surface area contributed by atoms with Crippen molar-refractivity contribution in [1.29, 1.82) is 5.26 Å². The molecule has 1 aromatic rings. The smallest absolute Gasteiger partial charge is 0.242 e. The predicted octanol–water partition coefficient (Wildman–Crippen LogP) is 2.78. The Kier molecular flexibility index (Phi) is 5.65. The zero-order valence-corrected chi connectivity index (χ0v) is 12.1. The molecule has 102 valence electrons. The van der Waals surface area contributed by atoms with E-state index in [9.17, 15) is 4.79 Å². The van der Waals surface area contributed by atoms with Crippen LogP contribution in [0.1, 0.15) is 26.3 Å². The Morgan fingerprint density at radius 2 is 2.11 bits per heavy atom. The van der Waals surface area contributed by atoms with Crippen LogP contribution in [0.2, 0.25) is 5.02 Å². The Bertz CT molecular complexity index is 494. The van der Waals surface area contributed by atoms with E-state index >= 15 is 0 Å². The van der Waals surface area contributed by atoms with E-state index < -0.39 is 0 Å². The van der Waals surface area contributed by atoms with Crippen molar-refractivity contribution >= 4 is 23.2 Å².